The molecule has 0 saturated carbocycles. The molecule has 2 atom stereocenters. The highest BCUT2D eigenvalue weighted by atomic mass is 32.2. The molecule has 0 aromatic heterocycles. The molecule has 0 bridgehead atoms. The first-order valence-corrected chi connectivity index (χ1v) is 8.74. The molecule has 2 unspecified atom stereocenters. The van der Waals surface area contributed by atoms with Crippen LogP contribution in [-0.4, -0.2) is 26.1 Å². The summed E-state index contributed by atoms with van der Waals surface area (Å²) in [7, 11) is -3.32. The Labute approximate surface area is 131 Å². The van der Waals surface area contributed by atoms with E-state index in [0.29, 0.717) is 6.42 Å². The van der Waals surface area contributed by atoms with E-state index in [9.17, 15) is 13.2 Å². The van der Waals surface area contributed by atoms with Crippen LogP contribution in [0.1, 0.15) is 18.9 Å². The van der Waals surface area contributed by atoms with Gasteiger partial charge in [-0.25, -0.2) is 13.8 Å². The van der Waals surface area contributed by atoms with Crippen molar-refractivity contribution in [2.24, 2.45) is 5.92 Å². The normalized spacial score (nSPS) is 22.5. The van der Waals surface area contributed by atoms with E-state index in [-0.39, 0.29) is 28.5 Å². The molecule has 2 rings (SSSR count). The van der Waals surface area contributed by atoms with E-state index < -0.39 is 9.84 Å². The number of amides is 1. The standard InChI is InChI=1S/C16H20N2O3S/c1-3-9-22(20,21)14-6-4-5-13(11-14)7-8-15-12(2)10-16(19)18-17-15/h3-8,11-12,15,17H,1,9-10H2,2H3,(H,18,19)/b8-7+. The Morgan fingerprint density at radius 1 is 1.41 bits per heavy atom. The van der Waals surface area contributed by atoms with E-state index in [1.54, 1.807) is 18.2 Å². The number of nitrogens with one attached hydrogen (secondary N) is 2. The van der Waals surface area contributed by atoms with Gasteiger partial charge in [0.15, 0.2) is 9.84 Å². The summed E-state index contributed by atoms with van der Waals surface area (Å²) >= 11 is 0. The number of carbonyl (C=O) groups is 1. The third-order valence-electron chi connectivity index (χ3n) is 3.55. The summed E-state index contributed by atoms with van der Waals surface area (Å²) in [6.07, 6.45) is 5.64. The second-order valence-corrected chi connectivity index (χ2v) is 7.44. The van der Waals surface area contributed by atoms with Crippen LogP contribution in [0.4, 0.5) is 0 Å². The van der Waals surface area contributed by atoms with Gasteiger partial charge in [-0.1, -0.05) is 37.3 Å². The lowest BCUT2D eigenvalue weighted by Crippen LogP contribution is -2.52. The highest BCUT2D eigenvalue weighted by Crippen LogP contribution is 2.17. The van der Waals surface area contributed by atoms with E-state index >= 15 is 0 Å². The van der Waals surface area contributed by atoms with Crippen LogP contribution < -0.4 is 10.9 Å². The zero-order chi connectivity index (χ0) is 16.2. The molecular formula is C16H20N2O3S. The number of benzene rings is 1. The van der Waals surface area contributed by atoms with E-state index in [1.165, 1.54) is 6.08 Å². The summed E-state index contributed by atoms with van der Waals surface area (Å²) in [5.74, 6) is 0.0836. The second kappa shape index (κ2) is 6.89. The van der Waals surface area contributed by atoms with Crippen molar-refractivity contribution in [3.63, 3.8) is 0 Å². The number of sulfone groups is 1. The molecule has 1 fully saturated rings. The molecule has 5 nitrogen and oxygen atoms in total. The molecule has 1 amide bonds. The summed E-state index contributed by atoms with van der Waals surface area (Å²) < 4.78 is 24.0. The zero-order valence-corrected chi connectivity index (χ0v) is 13.3. The van der Waals surface area contributed by atoms with E-state index in [2.05, 4.69) is 17.4 Å². The van der Waals surface area contributed by atoms with Gasteiger partial charge in [0, 0.05) is 12.5 Å². The first-order chi connectivity index (χ1) is 10.4. The summed E-state index contributed by atoms with van der Waals surface area (Å²) in [6.45, 7) is 5.46. The maximum Gasteiger partial charge on any atom is 0.234 e. The highest BCUT2D eigenvalue weighted by molar-refractivity contribution is 7.91. The van der Waals surface area contributed by atoms with Gasteiger partial charge >= 0.3 is 0 Å². The fraction of sp³-hybridized carbons (Fsp3) is 0.312. The van der Waals surface area contributed by atoms with Crippen molar-refractivity contribution >= 4 is 21.8 Å². The summed E-state index contributed by atoms with van der Waals surface area (Å²) in [6, 6.07) is 6.80. The van der Waals surface area contributed by atoms with Crippen LogP contribution in [0.15, 0.2) is 47.9 Å². The second-order valence-electron chi connectivity index (χ2n) is 5.40. The average Bonchev–Trinajstić information content (AvgIpc) is 2.46. The Bertz CT molecular complexity index is 695. The lowest BCUT2D eigenvalue weighted by molar-refractivity contribution is -0.125. The number of hydrogen-bond acceptors (Lipinski definition) is 4. The van der Waals surface area contributed by atoms with Gasteiger partial charge < -0.3 is 0 Å². The predicted molar refractivity (Wildman–Crippen MR) is 86.6 cm³/mol. The predicted octanol–water partition coefficient (Wildman–Crippen LogP) is 1.69. The maximum absolute atomic E-state index is 12.0. The fourth-order valence-corrected chi connectivity index (χ4v) is 3.40. The molecule has 0 radical (unpaired) electrons. The molecule has 6 heteroatoms. The molecule has 1 aromatic rings. The minimum atomic E-state index is -3.32. The smallest absolute Gasteiger partial charge is 0.234 e. The first kappa shape index (κ1) is 16.5. The largest absolute Gasteiger partial charge is 0.291 e. The molecule has 22 heavy (non-hydrogen) atoms. The topological polar surface area (TPSA) is 75.3 Å². The van der Waals surface area contributed by atoms with Gasteiger partial charge in [0.1, 0.15) is 0 Å². The first-order valence-electron chi connectivity index (χ1n) is 7.08. The van der Waals surface area contributed by atoms with E-state index in [0.717, 1.165) is 5.56 Å². The maximum atomic E-state index is 12.0. The monoisotopic (exact) mass is 320 g/mol. The Hall–Kier alpha value is -1.92. The number of rotatable bonds is 5. The van der Waals surface area contributed by atoms with Crippen LogP contribution in [0.3, 0.4) is 0 Å². The van der Waals surface area contributed by atoms with Gasteiger partial charge in [-0.2, -0.15) is 0 Å². The lowest BCUT2D eigenvalue weighted by atomic mass is 9.96. The van der Waals surface area contributed by atoms with Crippen molar-refractivity contribution in [1.29, 1.82) is 0 Å². The van der Waals surface area contributed by atoms with Gasteiger partial charge in [0.05, 0.1) is 10.6 Å². The van der Waals surface area contributed by atoms with Crippen LogP contribution in [0.5, 0.6) is 0 Å². The molecule has 118 valence electrons. The fourth-order valence-electron chi connectivity index (χ4n) is 2.29. The van der Waals surface area contributed by atoms with Crippen LogP contribution in [0.2, 0.25) is 0 Å². The van der Waals surface area contributed by atoms with Gasteiger partial charge in [-0.15, -0.1) is 6.58 Å². The van der Waals surface area contributed by atoms with Crippen LogP contribution in [0, 0.1) is 5.92 Å². The molecule has 1 heterocycles. The molecule has 1 aliphatic rings. The third kappa shape index (κ3) is 4.05. The molecule has 0 spiro atoms. The number of carbonyl (C=O) groups excluding carboxylic acids is 1. The zero-order valence-electron chi connectivity index (χ0n) is 12.5. The van der Waals surface area contributed by atoms with Crippen molar-refractivity contribution in [3.05, 3.63) is 48.6 Å². The Morgan fingerprint density at radius 3 is 2.86 bits per heavy atom. The summed E-state index contributed by atoms with van der Waals surface area (Å²) in [5, 5.41) is 0. The number of hydrogen-bond donors (Lipinski definition) is 2. The van der Waals surface area contributed by atoms with E-state index in [4.69, 9.17) is 0 Å². The van der Waals surface area contributed by atoms with Gasteiger partial charge in [-0.3, -0.25) is 10.2 Å². The Balaban J connectivity index is 2.15. The Kier molecular flexibility index (Phi) is 5.15. The highest BCUT2D eigenvalue weighted by Gasteiger charge is 2.22. The van der Waals surface area contributed by atoms with Crippen LogP contribution in [0.25, 0.3) is 6.08 Å². The number of hydrazine groups is 1. The van der Waals surface area contributed by atoms with Crippen molar-refractivity contribution in [2.45, 2.75) is 24.3 Å². The van der Waals surface area contributed by atoms with Gasteiger partial charge in [0.2, 0.25) is 5.91 Å². The SMILES string of the molecule is C=CCS(=O)(=O)c1cccc(/C=C/C2NNC(=O)CC2C)c1. The molecule has 1 saturated heterocycles. The molecule has 0 aliphatic carbocycles. The van der Waals surface area contributed by atoms with Gasteiger partial charge in [-0.05, 0) is 23.6 Å². The lowest BCUT2D eigenvalue weighted by Gasteiger charge is -2.27. The minimum Gasteiger partial charge on any atom is -0.291 e. The quantitative estimate of drug-likeness (QED) is 0.810. The molecule has 1 aliphatic heterocycles. The van der Waals surface area contributed by atoms with Gasteiger partial charge in [0.25, 0.3) is 0 Å². The minimum absolute atomic E-state index is 0.0188. The molecular weight excluding hydrogens is 300 g/mol. The molecule has 2 N–H and O–H groups in total. The van der Waals surface area contributed by atoms with Crippen LogP contribution >= 0.6 is 0 Å². The Morgan fingerprint density at radius 2 is 2.18 bits per heavy atom. The summed E-state index contributed by atoms with van der Waals surface area (Å²) in [5.41, 5.74) is 6.34. The van der Waals surface area contributed by atoms with Crippen LogP contribution in [-0.2, 0) is 14.6 Å². The van der Waals surface area contributed by atoms with Crippen molar-refractivity contribution in [1.82, 2.24) is 10.9 Å². The third-order valence-corrected chi connectivity index (χ3v) is 5.20. The average molecular weight is 320 g/mol. The van der Waals surface area contributed by atoms with E-state index in [1.807, 2.05) is 25.1 Å². The van der Waals surface area contributed by atoms with Crippen molar-refractivity contribution in [2.75, 3.05) is 5.75 Å². The molecule has 1 aromatic carbocycles. The van der Waals surface area contributed by atoms with Crippen molar-refractivity contribution < 1.29 is 13.2 Å². The van der Waals surface area contributed by atoms with Crippen molar-refractivity contribution in [3.8, 4) is 0 Å². The summed E-state index contributed by atoms with van der Waals surface area (Å²) in [4.78, 5) is 11.5.